The highest BCUT2D eigenvalue weighted by molar-refractivity contribution is 5.93. The SMILES string of the molecule is COc1ccccc1CCCNC[C@H](O)COc1cccc2c1c(C)nn2C(=O)OC(C)(C)C. The van der Waals surface area contributed by atoms with Crippen molar-refractivity contribution in [3.63, 3.8) is 0 Å². The zero-order valence-electron chi connectivity index (χ0n) is 20.6. The number of carbonyl (C=O) groups is 1. The number of benzene rings is 2. The summed E-state index contributed by atoms with van der Waals surface area (Å²) >= 11 is 0. The molecule has 8 nitrogen and oxygen atoms in total. The average molecular weight is 470 g/mol. The second-order valence-corrected chi connectivity index (χ2v) is 9.21. The number of aliphatic hydroxyl groups is 1. The van der Waals surface area contributed by atoms with Gasteiger partial charge in [0, 0.05) is 6.54 Å². The highest BCUT2D eigenvalue weighted by Gasteiger charge is 2.22. The Morgan fingerprint density at radius 2 is 1.88 bits per heavy atom. The van der Waals surface area contributed by atoms with Gasteiger partial charge in [-0.15, -0.1) is 0 Å². The van der Waals surface area contributed by atoms with Gasteiger partial charge in [0.1, 0.15) is 29.8 Å². The molecule has 3 rings (SSSR count). The zero-order valence-corrected chi connectivity index (χ0v) is 20.6. The van der Waals surface area contributed by atoms with Crippen LogP contribution in [0, 0.1) is 6.92 Å². The number of aliphatic hydroxyl groups excluding tert-OH is 1. The van der Waals surface area contributed by atoms with E-state index < -0.39 is 17.8 Å². The Morgan fingerprint density at radius 3 is 2.62 bits per heavy atom. The van der Waals surface area contributed by atoms with Gasteiger partial charge in [0.15, 0.2) is 0 Å². The summed E-state index contributed by atoms with van der Waals surface area (Å²) in [6.07, 6.45) is 0.603. The molecule has 0 fully saturated rings. The second-order valence-electron chi connectivity index (χ2n) is 9.21. The molecule has 8 heteroatoms. The summed E-state index contributed by atoms with van der Waals surface area (Å²) < 4.78 is 18.0. The summed E-state index contributed by atoms with van der Waals surface area (Å²) in [6.45, 7) is 8.56. The predicted octanol–water partition coefficient (Wildman–Crippen LogP) is 4.10. The van der Waals surface area contributed by atoms with Crippen molar-refractivity contribution >= 4 is 17.0 Å². The molecular weight excluding hydrogens is 434 g/mol. The molecule has 0 aliphatic carbocycles. The van der Waals surface area contributed by atoms with E-state index in [1.807, 2.05) is 52.0 Å². The van der Waals surface area contributed by atoms with Crippen molar-refractivity contribution in [3.8, 4) is 11.5 Å². The van der Waals surface area contributed by atoms with E-state index in [1.165, 1.54) is 10.2 Å². The molecule has 1 heterocycles. The minimum absolute atomic E-state index is 0.121. The van der Waals surface area contributed by atoms with Crippen molar-refractivity contribution in [3.05, 3.63) is 53.7 Å². The monoisotopic (exact) mass is 469 g/mol. The number of aryl methyl sites for hydroxylation is 2. The number of nitrogens with zero attached hydrogens (tertiary/aromatic N) is 2. The Hall–Kier alpha value is -3.10. The maximum absolute atomic E-state index is 12.5. The molecule has 0 unspecified atom stereocenters. The lowest BCUT2D eigenvalue weighted by atomic mass is 10.1. The van der Waals surface area contributed by atoms with E-state index in [4.69, 9.17) is 14.2 Å². The molecule has 0 bridgehead atoms. The molecule has 0 spiro atoms. The third-order valence-electron chi connectivity index (χ3n) is 5.21. The van der Waals surface area contributed by atoms with Gasteiger partial charge >= 0.3 is 6.09 Å². The first-order chi connectivity index (χ1) is 16.2. The third kappa shape index (κ3) is 6.71. The van der Waals surface area contributed by atoms with Crippen LogP contribution in [0.5, 0.6) is 11.5 Å². The van der Waals surface area contributed by atoms with E-state index in [-0.39, 0.29) is 6.61 Å². The molecule has 1 atom stereocenters. The van der Waals surface area contributed by atoms with E-state index in [0.717, 1.165) is 30.5 Å². The number of methoxy groups -OCH3 is 1. The van der Waals surface area contributed by atoms with Crippen LogP contribution >= 0.6 is 0 Å². The third-order valence-corrected chi connectivity index (χ3v) is 5.21. The van der Waals surface area contributed by atoms with Gasteiger partial charge in [0.05, 0.1) is 23.7 Å². The fourth-order valence-corrected chi connectivity index (χ4v) is 3.71. The van der Waals surface area contributed by atoms with Gasteiger partial charge in [-0.3, -0.25) is 0 Å². The standard InChI is InChI=1S/C26H35N3O5/c1-18-24-21(29(28-18)25(31)34-26(2,3)4)12-8-14-23(24)33-17-20(30)16-27-15-9-11-19-10-6-7-13-22(19)32-5/h6-8,10,12-14,20,27,30H,9,11,15-17H2,1-5H3/t20-/m0/s1. The fraction of sp³-hybridized carbons (Fsp3) is 0.462. The molecule has 34 heavy (non-hydrogen) atoms. The first-order valence-electron chi connectivity index (χ1n) is 11.5. The predicted molar refractivity (Wildman–Crippen MR) is 132 cm³/mol. The number of hydrogen-bond donors (Lipinski definition) is 2. The lowest BCUT2D eigenvalue weighted by Gasteiger charge is -2.19. The summed E-state index contributed by atoms with van der Waals surface area (Å²) in [5.41, 5.74) is 1.81. The summed E-state index contributed by atoms with van der Waals surface area (Å²) in [4.78, 5) is 12.5. The van der Waals surface area contributed by atoms with Crippen LogP contribution in [0.25, 0.3) is 10.9 Å². The summed E-state index contributed by atoms with van der Waals surface area (Å²) in [5, 5.41) is 18.7. The lowest BCUT2D eigenvalue weighted by molar-refractivity contribution is 0.0522. The van der Waals surface area contributed by atoms with Gasteiger partial charge in [-0.2, -0.15) is 9.78 Å². The second kappa shape index (κ2) is 11.4. The molecule has 0 saturated carbocycles. The number of carbonyl (C=O) groups excluding carboxylic acids is 1. The van der Waals surface area contributed by atoms with Crippen LogP contribution in [-0.4, -0.2) is 59.5 Å². The molecular formula is C26H35N3O5. The van der Waals surface area contributed by atoms with Crippen LogP contribution in [0.4, 0.5) is 4.79 Å². The highest BCUT2D eigenvalue weighted by atomic mass is 16.6. The normalized spacial score (nSPS) is 12.5. The van der Waals surface area contributed by atoms with Crippen LogP contribution < -0.4 is 14.8 Å². The van der Waals surface area contributed by atoms with E-state index >= 15 is 0 Å². The Kier molecular flexibility index (Phi) is 8.52. The van der Waals surface area contributed by atoms with Crippen LogP contribution in [0.3, 0.4) is 0 Å². The number of ether oxygens (including phenoxy) is 3. The van der Waals surface area contributed by atoms with E-state index in [2.05, 4.69) is 16.5 Å². The molecule has 0 saturated heterocycles. The smallest absolute Gasteiger partial charge is 0.435 e. The maximum atomic E-state index is 12.5. The highest BCUT2D eigenvalue weighted by Crippen LogP contribution is 2.29. The van der Waals surface area contributed by atoms with Crippen molar-refractivity contribution in [2.24, 2.45) is 0 Å². The quantitative estimate of drug-likeness (QED) is 0.432. The summed E-state index contributed by atoms with van der Waals surface area (Å²) in [7, 11) is 1.68. The van der Waals surface area contributed by atoms with Gasteiger partial charge in [0.25, 0.3) is 0 Å². The van der Waals surface area contributed by atoms with Crippen molar-refractivity contribution in [1.29, 1.82) is 0 Å². The first kappa shape index (κ1) is 25.5. The summed E-state index contributed by atoms with van der Waals surface area (Å²) in [6, 6.07) is 13.4. The van der Waals surface area contributed by atoms with Crippen molar-refractivity contribution in [2.45, 2.75) is 52.2 Å². The molecule has 1 aromatic heterocycles. The number of aromatic nitrogens is 2. The maximum Gasteiger partial charge on any atom is 0.435 e. The number of rotatable bonds is 10. The van der Waals surface area contributed by atoms with E-state index in [9.17, 15) is 9.90 Å². The molecule has 0 aliphatic heterocycles. The van der Waals surface area contributed by atoms with Gasteiger partial charge in [0.2, 0.25) is 0 Å². The van der Waals surface area contributed by atoms with Gasteiger partial charge in [-0.25, -0.2) is 4.79 Å². The van der Waals surface area contributed by atoms with Crippen molar-refractivity contribution in [1.82, 2.24) is 15.1 Å². The largest absolute Gasteiger partial charge is 0.496 e. The summed E-state index contributed by atoms with van der Waals surface area (Å²) in [5.74, 6) is 1.47. The van der Waals surface area contributed by atoms with Gasteiger partial charge in [-0.05, 0) is 70.8 Å². The average Bonchev–Trinajstić information content (AvgIpc) is 3.14. The molecule has 3 aromatic rings. The molecule has 2 N–H and O–H groups in total. The number of hydrogen-bond acceptors (Lipinski definition) is 7. The van der Waals surface area contributed by atoms with Gasteiger partial charge < -0.3 is 24.6 Å². The Bertz CT molecular complexity index is 1100. The van der Waals surface area contributed by atoms with E-state index in [0.29, 0.717) is 23.5 Å². The Labute approximate surface area is 200 Å². The van der Waals surface area contributed by atoms with Gasteiger partial charge in [-0.1, -0.05) is 24.3 Å². The lowest BCUT2D eigenvalue weighted by Crippen LogP contribution is -2.32. The number of fused-ring (bicyclic) bond motifs is 1. The minimum atomic E-state index is -0.678. The number of para-hydroxylation sites is 1. The number of nitrogens with one attached hydrogen (secondary N) is 1. The fourth-order valence-electron chi connectivity index (χ4n) is 3.71. The molecule has 0 amide bonds. The zero-order chi connectivity index (χ0) is 24.7. The topological polar surface area (TPSA) is 94.8 Å². The van der Waals surface area contributed by atoms with Crippen molar-refractivity contribution < 1.29 is 24.1 Å². The van der Waals surface area contributed by atoms with E-state index in [1.54, 1.807) is 19.2 Å². The van der Waals surface area contributed by atoms with Crippen LogP contribution in [0.1, 0.15) is 38.4 Å². The molecule has 0 aliphatic rings. The first-order valence-corrected chi connectivity index (χ1v) is 11.5. The minimum Gasteiger partial charge on any atom is -0.496 e. The molecule has 184 valence electrons. The van der Waals surface area contributed by atoms with Crippen LogP contribution in [-0.2, 0) is 11.2 Å². The molecule has 0 radical (unpaired) electrons. The van der Waals surface area contributed by atoms with Crippen LogP contribution in [0.2, 0.25) is 0 Å². The molecule has 2 aromatic carbocycles. The van der Waals surface area contributed by atoms with Crippen LogP contribution in [0.15, 0.2) is 42.5 Å². The van der Waals surface area contributed by atoms with Crippen molar-refractivity contribution in [2.75, 3.05) is 26.8 Å². The Morgan fingerprint density at radius 1 is 1.15 bits per heavy atom. The Balaban J connectivity index is 1.51.